The van der Waals surface area contributed by atoms with Crippen molar-refractivity contribution in [1.29, 1.82) is 0 Å². The highest BCUT2D eigenvalue weighted by Crippen LogP contribution is 2.17. The first kappa shape index (κ1) is 15.7. The molecule has 1 saturated heterocycles. The maximum atomic E-state index is 13.3. The second kappa shape index (κ2) is 7.38. The van der Waals surface area contributed by atoms with Crippen molar-refractivity contribution in [3.63, 3.8) is 0 Å². The lowest BCUT2D eigenvalue weighted by Crippen LogP contribution is -2.36. The Morgan fingerprint density at radius 3 is 2.90 bits per heavy atom. The van der Waals surface area contributed by atoms with Crippen LogP contribution >= 0.6 is 0 Å². The van der Waals surface area contributed by atoms with E-state index in [0.717, 1.165) is 26.1 Å². The van der Waals surface area contributed by atoms with Crippen molar-refractivity contribution < 1.29 is 13.9 Å². The van der Waals surface area contributed by atoms with E-state index < -0.39 is 5.82 Å². The van der Waals surface area contributed by atoms with Gasteiger partial charge in [0.25, 0.3) is 5.91 Å². The van der Waals surface area contributed by atoms with Crippen molar-refractivity contribution >= 4 is 11.6 Å². The lowest BCUT2D eigenvalue weighted by molar-refractivity contribution is 0.0759. The minimum atomic E-state index is -0.441. The molecule has 1 amide bonds. The molecular formula is C15H22FN3O2. The van der Waals surface area contributed by atoms with Gasteiger partial charge in [-0.3, -0.25) is 9.69 Å². The van der Waals surface area contributed by atoms with Gasteiger partial charge in [0, 0.05) is 39.0 Å². The van der Waals surface area contributed by atoms with Crippen molar-refractivity contribution in [1.82, 2.24) is 9.80 Å². The molecule has 0 radical (unpaired) electrons. The maximum absolute atomic E-state index is 13.3. The monoisotopic (exact) mass is 295 g/mol. The lowest BCUT2D eigenvalue weighted by atomic mass is 10.1. The van der Waals surface area contributed by atoms with E-state index in [9.17, 15) is 9.18 Å². The minimum absolute atomic E-state index is 0.194. The molecule has 1 heterocycles. The number of halogens is 1. The summed E-state index contributed by atoms with van der Waals surface area (Å²) in [7, 11) is 1.68. The lowest BCUT2D eigenvalue weighted by Gasteiger charge is -2.22. The van der Waals surface area contributed by atoms with E-state index in [1.54, 1.807) is 12.0 Å². The summed E-state index contributed by atoms with van der Waals surface area (Å²) in [4.78, 5) is 16.5. The molecule has 1 aliphatic heterocycles. The molecule has 0 atom stereocenters. The number of rotatable bonds is 4. The molecule has 5 nitrogen and oxygen atoms in total. The van der Waals surface area contributed by atoms with Crippen LogP contribution in [0.2, 0.25) is 0 Å². The van der Waals surface area contributed by atoms with Crippen LogP contribution < -0.4 is 5.73 Å². The quantitative estimate of drug-likeness (QED) is 0.848. The number of benzene rings is 1. The molecule has 0 saturated carbocycles. The van der Waals surface area contributed by atoms with Crippen LogP contribution in [-0.2, 0) is 4.74 Å². The third-order valence-corrected chi connectivity index (χ3v) is 3.73. The number of hydrogen-bond acceptors (Lipinski definition) is 4. The Hall–Kier alpha value is -1.66. The molecule has 0 bridgehead atoms. The predicted octanol–water partition coefficient (Wildman–Crippen LogP) is 1.20. The fourth-order valence-corrected chi connectivity index (χ4v) is 2.50. The van der Waals surface area contributed by atoms with Crippen LogP contribution in [0.15, 0.2) is 18.2 Å². The largest absolute Gasteiger partial charge is 0.398 e. The molecule has 116 valence electrons. The zero-order valence-corrected chi connectivity index (χ0v) is 12.3. The van der Waals surface area contributed by atoms with Crippen molar-refractivity contribution in [2.75, 3.05) is 52.2 Å². The Kier molecular flexibility index (Phi) is 5.52. The van der Waals surface area contributed by atoms with E-state index in [1.165, 1.54) is 18.2 Å². The molecule has 0 aliphatic carbocycles. The minimum Gasteiger partial charge on any atom is -0.398 e. The first-order valence-corrected chi connectivity index (χ1v) is 7.17. The second-order valence-electron chi connectivity index (χ2n) is 5.21. The van der Waals surface area contributed by atoms with Crippen LogP contribution in [0.25, 0.3) is 0 Å². The zero-order valence-electron chi connectivity index (χ0n) is 12.3. The Bertz CT molecular complexity index is 496. The smallest absolute Gasteiger partial charge is 0.256 e. The van der Waals surface area contributed by atoms with E-state index in [1.807, 2.05) is 0 Å². The number of methoxy groups -OCH3 is 1. The highest BCUT2D eigenvalue weighted by atomic mass is 19.1. The number of nitrogens with two attached hydrogens (primary N) is 1. The van der Waals surface area contributed by atoms with Crippen LogP contribution in [-0.4, -0.2) is 62.1 Å². The van der Waals surface area contributed by atoms with E-state index in [-0.39, 0.29) is 11.5 Å². The topological polar surface area (TPSA) is 58.8 Å². The van der Waals surface area contributed by atoms with Gasteiger partial charge in [0.1, 0.15) is 5.82 Å². The summed E-state index contributed by atoms with van der Waals surface area (Å²) in [6, 6.07) is 3.91. The Labute approximate surface area is 124 Å². The van der Waals surface area contributed by atoms with Gasteiger partial charge in [-0.2, -0.15) is 0 Å². The highest BCUT2D eigenvalue weighted by Gasteiger charge is 2.22. The summed E-state index contributed by atoms with van der Waals surface area (Å²) in [5.74, 6) is -0.635. The van der Waals surface area contributed by atoms with Crippen LogP contribution in [0.3, 0.4) is 0 Å². The number of nitrogen functional groups attached to an aromatic ring is 1. The van der Waals surface area contributed by atoms with Crippen LogP contribution in [0.5, 0.6) is 0 Å². The third-order valence-electron chi connectivity index (χ3n) is 3.73. The molecule has 0 spiro atoms. The van der Waals surface area contributed by atoms with Crippen LogP contribution in [0.1, 0.15) is 16.8 Å². The SMILES string of the molecule is COCCN1CCCN(C(=O)c2cc(F)ccc2N)CC1. The molecule has 2 N–H and O–H groups in total. The van der Waals surface area contributed by atoms with E-state index in [4.69, 9.17) is 10.5 Å². The summed E-state index contributed by atoms with van der Waals surface area (Å²) in [5, 5.41) is 0. The maximum Gasteiger partial charge on any atom is 0.256 e. The van der Waals surface area contributed by atoms with Crippen molar-refractivity contribution in [2.45, 2.75) is 6.42 Å². The van der Waals surface area contributed by atoms with Gasteiger partial charge in [-0.15, -0.1) is 0 Å². The fourth-order valence-electron chi connectivity index (χ4n) is 2.50. The molecule has 1 aliphatic rings. The normalized spacial score (nSPS) is 16.8. The summed E-state index contributed by atoms with van der Waals surface area (Å²) in [6.07, 6.45) is 0.894. The second-order valence-corrected chi connectivity index (χ2v) is 5.21. The number of carbonyl (C=O) groups excluding carboxylic acids is 1. The Balaban J connectivity index is 2.01. The van der Waals surface area contributed by atoms with Crippen molar-refractivity contribution in [2.24, 2.45) is 0 Å². The summed E-state index contributed by atoms with van der Waals surface area (Å²) in [5.41, 5.74) is 6.36. The van der Waals surface area contributed by atoms with Gasteiger partial charge in [-0.25, -0.2) is 4.39 Å². The van der Waals surface area contributed by atoms with E-state index in [2.05, 4.69) is 4.90 Å². The zero-order chi connectivity index (χ0) is 15.2. The van der Waals surface area contributed by atoms with Gasteiger partial charge >= 0.3 is 0 Å². The molecule has 1 aromatic carbocycles. The molecule has 1 aromatic rings. The number of anilines is 1. The predicted molar refractivity (Wildman–Crippen MR) is 79.6 cm³/mol. The van der Waals surface area contributed by atoms with Crippen molar-refractivity contribution in [3.8, 4) is 0 Å². The fraction of sp³-hybridized carbons (Fsp3) is 0.533. The average molecular weight is 295 g/mol. The molecule has 21 heavy (non-hydrogen) atoms. The van der Waals surface area contributed by atoms with Crippen LogP contribution in [0.4, 0.5) is 10.1 Å². The Morgan fingerprint density at radius 2 is 2.14 bits per heavy atom. The molecular weight excluding hydrogens is 273 g/mol. The number of amides is 1. The van der Waals surface area contributed by atoms with E-state index in [0.29, 0.717) is 25.4 Å². The highest BCUT2D eigenvalue weighted by molar-refractivity contribution is 5.99. The van der Waals surface area contributed by atoms with Gasteiger partial charge in [0.05, 0.1) is 12.2 Å². The van der Waals surface area contributed by atoms with Crippen LogP contribution in [0, 0.1) is 5.82 Å². The van der Waals surface area contributed by atoms with Gasteiger partial charge in [-0.1, -0.05) is 0 Å². The average Bonchev–Trinajstić information content (AvgIpc) is 2.72. The third kappa shape index (κ3) is 4.15. The number of hydrogen-bond donors (Lipinski definition) is 1. The molecule has 2 rings (SSSR count). The summed E-state index contributed by atoms with van der Waals surface area (Å²) < 4.78 is 18.4. The van der Waals surface area contributed by atoms with Gasteiger partial charge in [0.2, 0.25) is 0 Å². The molecule has 0 aromatic heterocycles. The molecule has 1 fully saturated rings. The molecule has 0 unspecified atom stereocenters. The van der Waals surface area contributed by atoms with Gasteiger partial charge in [0.15, 0.2) is 0 Å². The number of nitrogens with zero attached hydrogens (tertiary/aromatic N) is 2. The summed E-state index contributed by atoms with van der Waals surface area (Å²) in [6.45, 7) is 4.57. The number of ether oxygens (including phenoxy) is 1. The standard InChI is InChI=1S/C15H22FN3O2/c1-21-10-9-18-5-2-6-19(8-7-18)15(20)13-11-12(16)3-4-14(13)17/h3-4,11H,2,5-10,17H2,1H3. The van der Waals surface area contributed by atoms with Gasteiger partial charge in [-0.05, 0) is 31.2 Å². The number of carbonyl (C=O) groups is 1. The summed E-state index contributed by atoms with van der Waals surface area (Å²) >= 11 is 0. The van der Waals surface area contributed by atoms with E-state index >= 15 is 0 Å². The first-order chi connectivity index (χ1) is 10.1. The molecule has 6 heteroatoms. The van der Waals surface area contributed by atoms with Gasteiger partial charge < -0.3 is 15.4 Å². The Morgan fingerprint density at radius 1 is 1.33 bits per heavy atom. The first-order valence-electron chi connectivity index (χ1n) is 7.17. The van der Waals surface area contributed by atoms with Crippen molar-refractivity contribution in [3.05, 3.63) is 29.6 Å².